The summed E-state index contributed by atoms with van der Waals surface area (Å²) >= 11 is 0. The third-order valence-electron chi connectivity index (χ3n) is 14.0. The molecule has 0 saturated heterocycles. The van der Waals surface area contributed by atoms with E-state index in [1.807, 2.05) is 0 Å². The van der Waals surface area contributed by atoms with E-state index in [0.717, 1.165) is 17.1 Å². The summed E-state index contributed by atoms with van der Waals surface area (Å²) in [5.41, 5.74) is 19.0. The molecule has 1 heterocycles. The van der Waals surface area contributed by atoms with E-state index in [2.05, 4.69) is 289 Å². The van der Waals surface area contributed by atoms with E-state index < -0.39 is 0 Å². The van der Waals surface area contributed by atoms with Gasteiger partial charge in [-0.05, 0) is 144 Å². The molecule has 0 aliphatic carbocycles. The van der Waals surface area contributed by atoms with E-state index in [9.17, 15) is 0 Å². The van der Waals surface area contributed by atoms with Gasteiger partial charge in [0.2, 0.25) is 0 Å². The van der Waals surface area contributed by atoms with Gasteiger partial charge in [-0.25, -0.2) is 0 Å². The highest BCUT2D eigenvalue weighted by molar-refractivity contribution is 6.21. The smallest absolute Gasteiger partial charge is 0.0541 e. The standard InChI is InChI=1S/C68H46N2/c1-4-16-52(17-5-1)67-60-23-10-12-25-62(60)68(63-26-13-11-24-61(63)67)53-38-43-58(44-39-53)69(55-18-6-2-7-19-55)57-41-36-50(37-42-57)49-30-28-47(29-31-49)48-32-34-51(35-33-48)54-40-45-66-64(46-54)59-22-14-15-27-65(59)70(66)56-20-8-3-9-21-56/h1-46H. The average molecular weight is 891 g/mol. The molecule has 0 unspecified atom stereocenters. The molecular formula is C68H46N2. The molecule has 0 N–H and O–H groups in total. The molecular weight excluding hydrogens is 845 g/mol. The van der Waals surface area contributed by atoms with Gasteiger partial charge in [-0.3, -0.25) is 0 Å². The third-order valence-corrected chi connectivity index (χ3v) is 14.0. The van der Waals surface area contributed by atoms with Crippen LogP contribution in [0.1, 0.15) is 0 Å². The van der Waals surface area contributed by atoms with Crippen LogP contribution in [0.25, 0.3) is 105 Å². The maximum Gasteiger partial charge on any atom is 0.0541 e. The maximum absolute atomic E-state index is 2.37. The van der Waals surface area contributed by atoms with Crippen molar-refractivity contribution in [1.82, 2.24) is 4.57 Å². The maximum atomic E-state index is 2.37. The zero-order chi connectivity index (χ0) is 46.4. The Bertz CT molecular complexity index is 3930. The van der Waals surface area contributed by atoms with Gasteiger partial charge in [0.1, 0.15) is 0 Å². The number of fused-ring (bicyclic) bond motifs is 5. The van der Waals surface area contributed by atoms with Crippen LogP contribution < -0.4 is 4.90 Å². The largest absolute Gasteiger partial charge is 0.311 e. The molecule has 0 bridgehead atoms. The van der Waals surface area contributed by atoms with Gasteiger partial charge in [0.05, 0.1) is 11.0 Å². The minimum Gasteiger partial charge on any atom is -0.311 e. The van der Waals surface area contributed by atoms with Crippen molar-refractivity contribution in [3.8, 4) is 61.3 Å². The molecule has 13 rings (SSSR count). The van der Waals surface area contributed by atoms with Crippen molar-refractivity contribution in [3.63, 3.8) is 0 Å². The predicted octanol–water partition coefficient (Wildman–Crippen LogP) is 18.9. The van der Waals surface area contributed by atoms with E-state index in [0.29, 0.717) is 0 Å². The first-order valence-corrected chi connectivity index (χ1v) is 24.1. The fourth-order valence-electron chi connectivity index (χ4n) is 10.7. The second kappa shape index (κ2) is 17.4. The number of hydrogen-bond acceptors (Lipinski definition) is 1. The van der Waals surface area contributed by atoms with E-state index in [1.165, 1.54) is 105 Å². The van der Waals surface area contributed by atoms with E-state index in [-0.39, 0.29) is 0 Å². The monoisotopic (exact) mass is 890 g/mol. The van der Waals surface area contributed by atoms with Crippen molar-refractivity contribution in [2.45, 2.75) is 0 Å². The average Bonchev–Trinajstić information content (AvgIpc) is 3.77. The molecule has 0 amide bonds. The second-order valence-corrected chi connectivity index (χ2v) is 18.0. The molecule has 2 heteroatoms. The van der Waals surface area contributed by atoms with Crippen molar-refractivity contribution in [2.24, 2.45) is 0 Å². The van der Waals surface area contributed by atoms with Crippen molar-refractivity contribution in [1.29, 1.82) is 0 Å². The van der Waals surface area contributed by atoms with Crippen LogP contribution in [-0.2, 0) is 0 Å². The summed E-state index contributed by atoms with van der Waals surface area (Å²) < 4.78 is 2.37. The number of benzene rings is 12. The number of nitrogens with zero attached hydrogens (tertiary/aromatic N) is 2. The zero-order valence-corrected chi connectivity index (χ0v) is 38.5. The Kier molecular flexibility index (Phi) is 10.2. The molecule has 0 saturated carbocycles. The van der Waals surface area contributed by atoms with Crippen LogP contribution in [0.3, 0.4) is 0 Å². The molecule has 70 heavy (non-hydrogen) atoms. The highest BCUT2D eigenvalue weighted by atomic mass is 15.1. The van der Waals surface area contributed by atoms with Gasteiger partial charge < -0.3 is 9.47 Å². The lowest BCUT2D eigenvalue weighted by Crippen LogP contribution is -2.09. The Morgan fingerprint density at radius 1 is 0.214 bits per heavy atom. The predicted molar refractivity (Wildman–Crippen MR) is 298 cm³/mol. The van der Waals surface area contributed by atoms with Gasteiger partial charge >= 0.3 is 0 Å². The lowest BCUT2D eigenvalue weighted by molar-refractivity contribution is 1.18. The van der Waals surface area contributed by atoms with Crippen molar-refractivity contribution < 1.29 is 0 Å². The molecule has 0 atom stereocenters. The van der Waals surface area contributed by atoms with Gasteiger partial charge in [0.25, 0.3) is 0 Å². The van der Waals surface area contributed by atoms with Gasteiger partial charge in [-0.1, -0.05) is 212 Å². The van der Waals surface area contributed by atoms with Gasteiger partial charge in [-0.2, -0.15) is 0 Å². The molecule has 1 aromatic heterocycles. The van der Waals surface area contributed by atoms with Crippen molar-refractivity contribution in [2.75, 3.05) is 4.90 Å². The Hall–Kier alpha value is -9.24. The number of hydrogen-bond donors (Lipinski definition) is 0. The highest BCUT2D eigenvalue weighted by Gasteiger charge is 2.19. The summed E-state index contributed by atoms with van der Waals surface area (Å²) in [6.07, 6.45) is 0. The fraction of sp³-hybridized carbons (Fsp3) is 0. The van der Waals surface area contributed by atoms with Crippen LogP contribution >= 0.6 is 0 Å². The van der Waals surface area contributed by atoms with Crippen molar-refractivity contribution in [3.05, 3.63) is 279 Å². The van der Waals surface area contributed by atoms with Crippen LogP contribution in [0.2, 0.25) is 0 Å². The van der Waals surface area contributed by atoms with E-state index >= 15 is 0 Å². The number of aromatic nitrogens is 1. The number of anilines is 3. The molecule has 0 aliphatic rings. The Morgan fingerprint density at radius 3 is 1.04 bits per heavy atom. The topological polar surface area (TPSA) is 8.17 Å². The summed E-state index contributed by atoms with van der Waals surface area (Å²) in [4.78, 5) is 2.34. The molecule has 12 aromatic carbocycles. The molecule has 0 radical (unpaired) electrons. The second-order valence-electron chi connectivity index (χ2n) is 18.0. The summed E-state index contributed by atoms with van der Waals surface area (Å²) in [6.45, 7) is 0. The quantitative estimate of drug-likeness (QED) is 0.131. The Labute approximate surface area is 408 Å². The first-order valence-electron chi connectivity index (χ1n) is 24.1. The van der Waals surface area contributed by atoms with Crippen molar-refractivity contribution >= 4 is 60.4 Å². The molecule has 13 aromatic rings. The van der Waals surface area contributed by atoms with Gasteiger partial charge in [0, 0.05) is 33.5 Å². The van der Waals surface area contributed by atoms with Crippen LogP contribution in [0.4, 0.5) is 17.1 Å². The Morgan fingerprint density at radius 2 is 0.543 bits per heavy atom. The van der Waals surface area contributed by atoms with Crippen LogP contribution in [-0.4, -0.2) is 4.57 Å². The summed E-state index contributed by atoms with van der Waals surface area (Å²) in [6, 6.07) is 101. The fourth-order valence-corrected chi connectivity index (χ4v) is 10.7. The molecule has 2 nitrogen and oxygen atoms in total. The lowest BCUT2D eigenvalue weighted by atomic mass is 9.86. The minimum absolute atomic E-state index is 1.10. The summed E-state index contributed by atoms with van der Waals surface area (Å²) in [7, 11) is 0. The summed E-state index contributed by atoms with van der Waals surface area (Å²) in [5, 5.41) is 7.55. The molecule has 0 aliphatic heterocycles. The molecule has 0 spiro atoms. The first kappa shape index (κ1) is 41.0. The first-order chi connectivity index (χ1) is 34.7. The van der Waals surface area contributed by atoms with Gasteiger partial charge in [0.15, 0.2) is 0 Å². The van der Waals surface area contributed by atoms with Crippen LogP contribution in [0, 0.1) is 0 Å². The van der Waals surface area contributed by atoms with Crippen LogP contribution in [0.5, 0.6) is 0 Å². The Balaban J connectivity index is 0.776. The van der Waals surface area contributed by atoms with Gasteiger partial charge in [-0.15, -0.1) is 0 Å². The SMILES string of the molecule is c1ccc(-c2c3ccccc3c(-c3ccc(N(c4ccccc4)c4ccc(-c5ccc(-c6ccc(-c7ccc8c(c7)c7ccccc7n8-c7ccccc7)cc6)cc5)cc4)cc3)c3ccccc23)cc1. The molecule has 328 valence electrons. The highest BCUT2D eigenvalue weighted by Crippen LogP contribution is 2.45. The van der Waals surface area contributed by atoms with E-state index in [4.69, 9.17) is 0 Å². The molecule has 0 fully saturated rings. The number of rotatable bonds is 9. The summed E-state index contributed by atoms with van der Waals surface area (Å²) in [5.74, 6) is 0. The number of para-hydroxylation sites is 3. The lowest BCUT2D eigenvalue weighted by Gasteiger charge is -2.26. The zero-order valence-electron chi connectivity index (χ0n) is 38.5. The van der Waals surface area contributed by atoms with Crippen LogP contribution in [0.15, 0.2) is 279 Å². The minimum atomic E-state index is 1.10. The normalized spacial score (nSPS) is 11.4. The van der Waals surface area contributed by atoms with E-state index in [1.54, 1.807) is 0 Å². The third kappa shape index (κ3) is 7.22.